The maximum Gasteiger partial charge on any atom is 2.00 e. The molecule has 0 aromatic heterocycles. The van der Waals surface area contributed by atoms with Crippen LogP contribution in [-0.2, 0) is 14.2 Å². The summed E-state index contributed by atoms with van der Waals surface area (Å²) < 4.78 is 15.8. The van der Waals surface area contributed by atoms with E-state index >= 15 is 0 Å². The van der Waals surface area contributed by atoms with E-state index in [1.807, 2.05) is 13.8 Å². The summed E-state index contributed by atoms with van der Waals surface area (Å²) in [7, 11) is 0. The number of rotatable bonds is 5. The van der Waals surface area contributed by atoms with Crippen LogP contribution in [0.2, 0.25) is 0 Å². The third-order valence-corrected chi connectivity index (χ3v) is 1.88. The quantitative estimate of drug-likeness (QED) is 0.630. The third-order valence-electron chi connectivity index (χ3n) is 1.88. The zero-order chi connectivity index (χ0) is 10.6. The first kappa shape index (κ1) is 18.3. The van der Waals surface area contributed by atoms with Crippen LogP contribution >= 0.6 is 0 Å². The zero-order valence-corrected chi connectivity index (χ0v) is 9.27. The van der Waals surface area contributed by atoms with Crippen molar-refractivity contribution in [3.63, 3.8) is 0 Å². The number of aliphatic hydroxyl groups is 1. The second-order valence-electron chi connectivity index (χ2n) is 3.79. The fourth-order valence-corrected chi connectivity index (χ4v) is 1.23. The molecule has 1 rings (SSSR count). The van der Waals surface area contributed by atoms with E-state index in [2.05, 4.69) is 0 Å². The van der Waals surface area contributed by atoms with Crippen molar-refractivity contribution in [3.8, 4) is 0 Å². The van der Waals surface area contributed by atoms with Gasteiger partial charge in [0.25, 0.3) is 0 Å². The van der Waals surface area contributed by atoms with Crippen molar-refractivity contribution in [1.82, 2.24) is 0 Å². The molecule has 1 aliphatic heterocycles. The van der Waals surface area contributed by atoms with Crippen molar-refractivity contribution in [2.75, 3.05) is 26.4 Å². The summed E-state index contributed by atoms with van der Waals surface area (Å²) in [6.07, 6.45) is -1.18. The molecule has 0 aliphatic carbocycles. The summed E-state index contributed by atoms with van der Waals surface area (Å²) in [5.41, 5.74) is 0. The van der Waals surface area contributed by atoms with Crippen molar-refractivity contribution < 1.29 is 25.9 Å². The van der Waals surface area contributed by atoms with Crippen LogP contribution in [0.5, 0.6) is 0 Å². The molecule has 1 N–H and O–H groups in total. The molecule has 2 atom stereocenters. The van der Waals surface area contributed by atoms with Crippen LogP contribution in [0.4, 0.5) is 0 Å². The Balaban J connectivity index is -0.000000653. The minimum atomic E-state index is -1.06. The average molecular weight is 231 g/mol. The Kier molecular flexibility index (Phi) is 9.30. The van der Waals surface area contributed by atoms with Crippen molar-refractivity contribution in [1.29, 1.82) is 0 Å². The minimum Gasteiger partial charge on any atom is -1.00 e. The van der Waals surface area contributed by atoms with E-state index in [-0.39, 0.29) is 31.7 Å². The first-order valence-electron chi connectivity index (χ1n) is 4.69. The number of hydrogen-bond acceptors (Lipinski definition) is 5. The molecular weight excluding hydrogens is 209 g/mol. The standard InChI is InChI=1S/C9H17O5.CH4.Be.H/c1-9(2)13-6-8(14-9)5-12-4-7(11)3-10;;;/h7-8,10H,3-6H2,1-2H3;1H4;;/q-1;;+2;-1. The molecular formula is C10H22BeO5. The number of hydrogen-bond donors (Lipinski definition) is 1. The predicted octanol–water partition coefficient (Wildman–Crippen LogP) is -0.756. The van der Waals surface area contributed by atoms with Crippen LogP contribution < -0.4 is 5.11 Å². The van der Waals surface area contributed by atoms with E-state index in [4.69, 9.17) is 19.3 Å². The Labute approximate surface area is 102 Å². The van der Waals surface area contributed by atoms with Gasteiger partial charge in [-0.05, 0) is 13.8 Å². The molecule has 0 spiro atoms. The number of aliphatic hydroxyl groups excluding tert-OH is 1. The number of ether oxygens (including phenoxy) is 3. The summed E-state index contributed by atoms with van der Waals surface area (Å²) in [6, 6.07) is 0. The average Bonchev–Trinajstić information content (AvgIpc) is 2.45. The van der Waals surface area contributed by atoms with Crippen LogP contribution in [0.3, 0.4) is 0 Å². The molecule has 5 nitrogen and oxygen atoms in total. The molecule has 0 radical (unpaired) electrons. The van der Waals surface area contributed by atoms with Gasteiger partial charge >= 0.3 is 10.1 Å². The Morgan fingerprint density at radius 2 is 2.25 bits per heavy atom. The SMILES string of the molecule is C.CC1(C)OCC(COCC([O-])CO)O1.[Be+2].[H-]. The predicted molar refractivity (Wildman–Crippen MR) is 60.2 cm³/mol. The summed E-state index contributed by atoms with van der Waals surface area (Å²) in [5, 5.41) is 19.2. The molecule has 1 saturated heterocycles. The molecule has 16 heavy (non-hydrogen) atoms. The molecule has 0 saturated carbocycles. The molecule has 0 amide bonds. The van der Waals surface area contributed by atoms with Crippen molar-refractivity contribution in [2.45, 2.75) is 39.3 Å². The second-order valence-corrected chi connectivity index (χ2v) is 3.79. The van der Waals surface area contributed by atoms with Crippen molar-refractivity contribution >= 4 is 10.1 Å². The summed E-state index contributed by atoms with van der Waals surface area (Å²) in [6.45, 7) is 4.09. The van der Waals surface area contributed by atoms with E-state index in [1.165, 1.54) is 0 Å². The molecule has 6 heteroatoms. The third kappa shape index (κ3) is 6.53. The van der Waals surface area contributed by atoms with Crippen LogP contribution in [0.25, 0.3) is 0 Å². The summed E-state index contributed by atoms with van der Waals surface area (Å²) in [4.78, 5) is 0. The smallest absolute Gasteiger partial charge is 1.00 e. The maximum atomic E-state index is 10.7. The van der Waals surface area contributed by atoms with Crippen LogP contribution in [0, 0.1) is 0 Å². The van der Waals surface area contributed by atoms with E-state index < -0.39 is 18.5 Å². The van der Waals surface area contributed by atoms with Gasteiger partial charge in [-0.15, -0.1) is 0 Å². The van der Waals surface area contributed by atoms with E-state index in [0.29, 0.717) is 13.2 Å². The Bertz CT molecular complexity index is 182. The van der Waals surface area contributed by atoms with Gasteiger partial charge in [0.2, 0.25) is 0 Å². The zero-order valence-electron chi connectivity index (χ0n) is 10.3. The second kappa shape index (κ2) is 8.12. The largest absolute Gasteiger partial charge is 2.00 e. The molecule has 94 valence electrons. The fraction of sp³-hybridized carbons (Fsp3) is 1.00. The molecule has 1 aliphatic rings. The molecule has 1 heterocycles. The van der Waals surface area contributed by atoms with Gasteiger partial charge in [-0.2, -0.15) is 0 Å². The molecule has 0 aromatic carbocycles. The first-order chi connectivity index (χ1) is 6.53. The normalized spacial score (nSPS) is 24.4. The van der Waals surface area contributed by atoms with Crippen LogP contribution in [0.15, 0.2) is 0 Å². The van der Waals surface area contributed by atoms with Crippen LogP contribution in [-0.4, -0.2) is 59.7 Å². The molecule has 0 aromatic rings. The molecule has 0 bridgehead atoms. The van der Waals surface area contributed by atoms with Gasteiger partial charge in [-0.3, -0.25) is 0 Å². The van der Waals surface area contributed by atoms with Crippen molar-refractivity contribution in [3.05, 3.63) is 0 Å². The van der Waals surface area contributed by atoms with Gasteiger partial charge in [0, 0.05) is 13.2 Å². The molecule has 2 unspecified atom stereocenters. The van der Waals surface area contributed by atoms with Crippen LogP contribution in [0.1, 0.15) is 22.7 Å². The Morgan fingerprint density at radius 1 is 1.62 bits per heavy atom. The first-order valence-corrected chi connectivity index (χ1v) is 4.69. The monoisotopic (exact) mass is 231 g/mol. The maximum absolute atomic E-state index is 10.7. The van der Waals surface area contributed by atoms with E-state index in [9.17, 15) is 5.11 Å². The Hall–Kier alpha value is -0.0312. The Morgan fingerprint density at radius 3 is 2.69 bits per heavy atom. The van der Waals surface area contributed by atoms with Gasteiger partial charge in [0.15, 0.2) is 5.79 Å². The van der Waals surface area contributed by atoms with E-state index in [0.717, 1.165) is 0 Å². The summed E-state index contributed by atoms with van der Waals surface area (Å²) >= 11 is 0. The molecule has 1 fully saturated rings. The van der Waals surface area contributed by atoms with Gasteiger partial charge in [0.05, 0.1) is 13.2 Å². The summed E-state index contributed by atoms with van der Waals surface area (Å²) in [5.74, 6) is -0.554. The van der Waals surface area contributed by atoms with Gasteiger partial charge in [-0.1, -0.05) is 13.5 Å². The van der Waals surface area contributed by atoms with Gasteiger partial charge in [0.1, 0.15) is 6.10 Å². The van der Waals surface area contributed by atoms with Crippen molar-refractivity contribution in [2.24, 2.45) is 0 Å². The fourth-order valence-electron chi connectivity index (χ4n) is 1.23. The van der Waals surface area contributed by atoms with E-state index in [1.54, 1.807) is 0 Å². The topological polar surface area (TPSA) is 71.0 Å². The minimum absolute atomic E-state index is 0. The van der Waals surface area contributed by atoms with Gasteiger partial charge < -0.3 is 25.9 Å². The van der Waals surface area contributed by atoms with Gasteiger partial charge in [-0.25, -0.2) is 0 Å².